The van der Waals surface area contributed by atoms with Crippen LogP contribution in [0.4, 0.5) is 4.79 Å². The van der Waals surface area contributed by atoms with E-state index in [2.05, 4.69) is 28.7 Å². The topological polar surface area (TPSA) is 105 Å². The van der Waals surface area contributed by atoms with Gasteiger partial charge in [-0.25, -0.2) is 9.59 Å². The van der Waals surface area contributed by atoms with Crippen LogP contribution in [0.25, 0.3) is 11.1 Å². The number of carboxylic acids is 1. The molecule has 0 heterocycles. The molecule has 2 aromatic rings. The van der Waals surface area contributed by atoms with Gasteiger partial charge in [-0.3, -0.25) is 4.79 Å². The van der Waals surface area contributed by atoms with Gasteiger partial charge in [-0.2, -0.15) is 0 Å². The first-order chi connectivity index (χ1) is 14.9. The maximum absolute atomic E-state index is 12.4. The fourth-order valence-electron chi connectivity index (χ4n) is 3.66. The predicted octanol–water partition coefficient (Wildman–Crippen LogP) is 2.75. The fraction of sp³-hybridized carbons (Fsp3) is 0.292. The first-order valence-electron chi connectivity index (χ1n) is 9.99. The van der Waals surface area contributed by atoms with Crippen LogP contribution in [-0.2, 0) is 14.3 Å². The van der Waals surface area contributed by atoms with Crippen LogP contribution in [0.5, 0.6) is 0 Å². The van der Waals surface area contributed by atoms with Crippen LogP contribution < -0.4 is 10.6 Å². The second-order valence-corrected chi connectivity index (χ2v) is 7.52. The van der Waals surface area contributed by atoms with Crippen molar-refractivity contribution in [2.24, 2.45) is 5.92 Å². The Hall–Kier alpha value is -3.79. The first-order valence-corrected chi connectivity index (χ1v) is 9.99. The van der Waals surface area contributed by atoms with E-state index in [9.17, 15) is 14.4 Å². The normalized spacial score (nSPS) is 12.7. The minimum atomic E-state index is -1.27. The van der Waals surface area contributed by atoms with Crippen LogP contribution in [-0.4, -0.2) is 42.3 Å². The number of alkyl carbamates (subject to hydrolysis) is 1. The van der Waals surface area contributed by atoms with E-state index >= 15 is 0 Å². The molecule has 2 amide bonds. The molecule has 1 aliphatic carbocycles. The number of ether oxygens (including phenoxy) is 1. The number of carbonyl (C=O) groups excluding carboxylic acids is 2. The first kappa shape index (κ1) is 21.9. The van der Waals surface area contributed by atoms with Crippen molar-refractivity contribution in [2.45, 2.75) is 25.8 Å². The summed E-state index contributed by atoms with van der Waals surface area (Å²) in [5.74, 6) is 2.23. The Labute approximate surface area is 180 Å². The van der Waals surface area contributed by atoms with Crippen LogP contribution in [0.1, 0.15) is 30.9 Å². The number of aliphatic carboxylic acids is 1. The molecule has 160 valence electrons. The van der Waals surface area contributed by atoms with Gasteiger partial charge in [0.25, 0.3) is 0 Å². The number of hydrogen-bond donors (Lipinski definition) is 3. The highest BCUT2D eigenvalue weighted by atomic mass is 16.5. The SMILES string of the molecule is CC(C)[C@@H](NC(=O)OCC1c2ccccc2-c2ccccc21)C(=O)NCC#CC(=O)O. The molecule has 0 aromatic heterocycles. The number of fused-ring (bicyclic) bond motifs is 3. The smallest absolute Gasteiger partial charge is 0.407 e. The van der Waals surface area contributed by atoms with Crippen molar-refractivity contribution in [2.75, 3.05) is 13.2 Å². The van der Waals surface area contributed by atoms with Crippen molar-refractivity contribution in [3.63, 3.8) is 0 Å². The molecule has 3 rings (SSSR count). The van der Waals surface area contributed by atoms with Gasteiger partial charge in [0, 0.05) is 11.8 Å². The molecule has 3 N–H and O–H groups in total. The molecule has 0 unspecified atom stereocenters. The summed E-state index contributed by atoms with van der Waals surface area (Å²) in [4.78, 5) is 35.2. The van der Waals surface area contributed by atoms with E-state index in [-0.39, 0.29) is 25.0 Å². The lowest BCUT2D eigenvalue weighted by Gasteiger charge is -2.22. The molecular weight excluding hydrogens is 396 g/mol. The van der Waals surface area contributed by atoms with Gasteiger partial charge in [0.1, 0.15) is 12.6 Å². The molecule has 0 spiro atoms. The summed E-state index contributed by atoms with van der Waals surface area (Å²) in [7, 11) is 0. The van der Waals surface area contributed by atoms with Gasteiger partial charge in [-0.1, -0.05) is 68.3 Å². The highest BCUT2D eigenvalue weighted by Crippen LogP contribution is 2.44. The van der Waals surface area contributed by atoms with E-state index in [1.165, 1.54) is 0 Å². The summed E-state index contributed by atoms with van der Waals surface area (Å²) >= 11 is 0. The molecule has 0 bridgehead atoms. The lowest BCUT2D eigenvalue weighted by molar-refractivity contribution is -0.130. The van der Waals surface area contributed by atoms with Crippen molar-refractivity contribution in [1.82, 2.24) is 10.6 Å². The van der Waals surface area contributed by atoms with E-state index < -0.39 is 24.0 Å². The molecule has 2 aromatic carbocycles. The molecule has 1 atom stereocenters. The standard InChI is InChI=1S/C24H24N2O5/c1-15(2)22(23(29)25-13-7-12-21(27)28)26-24(30)31-14-20-18-10-5-3-8-16(18)17-9-4-6-11-19(17)20/h3-6,8-11,15,20,22H,13-14H2,1-2H3,(H,25,29)(H,26,30)(H,27,28)/t22-/m1/s1. The van der Waals surface area contributed by atoms with Gasteiger partial charge < -0.3 is 20.5 Å². The summed E-state index contributed by atoms with van der Waals surface area (Å²) in [5, 5.41) is 13.6. The quantitative estimate of drug-likeness (QED) is 0.624. The van der Waals surface area contributed by atoms with Crippen LogP contribution in [0.3, 0.4) is 0 Å². The second-order valence-electron chi connectivity index (χ2n) is 7.52. The zero-order valence-electron chi connectivity index (χ0n) is 17.3. The van der Waals surface area contributed by atoms with Crippen molar-refractivity contribution in [3.8, 4) is 23.0 Å². The molecular formula is C24H24N2O5. The minimum absolute atomic E-state index is 0.0734. The Morgan fingerprint density at radius 3 is 2.16 bits per heavy atom. The van der Waals surface area contributed by atoms with Gasteiger partial charge >= 0.3 is 12.1 Å². The Morgan fingerprint density at radius 1 is 1.03 bits per heavy atom. The molecule has 0 radical (unpaired) electrons. The van der Waals surface area contributed by atoms with Crippen LogP contribution in [0, 0.1) is 17.8 Å². The maximum atomic E-state index is 12.4. The van der Waals surface area contributed by atoms with Crippen LogP contribution >= 0.6 is 0 Å². The average molecular weight is 420 g/mol. The summed E-state index contributed by atoms with van der Waals surface area (Å²) in [6.45, 7) is 3.60. The number of carboxylic acid groups (broad SMARTS) is 1. The van der Waals surface area contributed by atoms with E-state index in [1.807, 2.05) is 42.3 Å². The van der Waals surface area contributed by atoms with Crippen LogP contribution in [0.2, 0.25) is 0 Å². The Balaban J connectivity index is 1.62. The number of hydrogen-bond acceptors (Lipinski definition) is 4. The molecule has 1 aliphatic rings. The Kier molecular flexibility index (Phi) is 6.93. The van der Waals surface area contributed by atoms with Gasteiger partial charge in [-0.05, 0) is 28.2 Å². The Bertz CT molecular complexity index is 1010. The second kappa shape index (κ2) is 9.81. The summed E-state index contributed by atoms with van der Waals surface area (Å²) < 4.78 is 5.49. The molecule has 0 fully saturated rings. The average Bonchev–Trinajstić information content (AvgIpc) is 3.07. The van der Waals surface area contributed by atoms with Crippen LogP contribution in [0.15, 0.2) is 48.5 Å². The number of rotatable bonds is 6. The third kappa shape index (κ3) is 5.23. The Morgan fingerprint density at radius 2 is 1.61 bits per heavy atom. The van der Waals surface area contributed by atoms with Gasteiger partial charge in [0.05, 0.1) is 6.54 Å². The lowest BCUT2D eigenvalue weighted by atomic mass is 9.98. The van der Waals surface area contributed by atoms with Gasteiger partial charge in [0.2, 0.25) is 5.91 Å². The third-order valence-corrected chi connectivity index (χ3v) is 5.11. The summed E-state index contributed by atoms with van der Waals surface area (Å²) in [6.07, 6.45) is -0.688. The largest absolute Gasteiger partial charge is 0.472 e. The van der Waals surface area contributed by atoms with E-state index in [0.29, 0.717) is 0 Å². The van der Waals surface area contributed by atoms with E-state index in [0.717, 1.165) is 22.3 Å². The van der Waals surface area contributed by atoms with Gasteiger partial charge in [0.15, 0.2) is 0 Å². The number of benzene rings is 2. The summed E-state index contributed by atoms with van der Waals surface area (Å²) in [5.41, 5.74) is 4.47. The monoisotopic (exact) mass is 420 g/mol. The predicted molar refractivity (Wildman–Crippen MR) is 115 cm³/mol. The molecule has 7 heteroatoms. The molecule has 0 saturated carbocycles. The minimum Gasteiger partial charge on any atom is -0.472 e. The van der Waals surface area contributed by atoms with Crippen molar-refractivity contribution < 1.29 is 24.2 Å². The third-order valence-electron chi connectivity index (χ3n) is 5.11. The highest BCUT2D eigenvalue weighted by Gasteiger charge is 2.30. The van der Waals surface area contributed by atoms with Crippen molar-refractivity contribution in [1.29, 1.82) is 0 Å². The zero-order chi connectivity index (χ0) is 22.4. The number of nitrogens with one attached hydrogen (secondary N) is 2. The van der Waals surface area contributed by atoms with Crippen molar-refractivity contribution >= 4 is 18.0 Å². The highest BCUT2D eigenvalue weighted by molar-refractivity contribution is 5.88. The maximum Gasteiger partial charge on any atom is 0.407 e. The van der Waals surface area contributed by atoms with Gasteiger partial charge in [-0.15, -0.1) is 0 Å². The summed E-state index contributed by atoms with van der Waals surface area (Å²) in [6, 6.07) is 15.2. The molecule has 31 heavy (non-hydrogen) atoms. The van der Waals surface area contributed by atoms with E-state index in [1.54, 1.807) is 13.8 Å². The molecule has 0 saturated heterocycles. The van der Waals surface area contributed by atoms with E-state index in [4.69, 9.17) is 9.84 Å². The number of amides is 2. The molecule has 7 nitrogen and oxygen atoms in total. The fourth-order valence-corrected chi connectivity index (χ4v) is 3.66. The molecule has 0 aliphatic heterocycles. The van der Waals surface area contributed by atoms with Crippen molar-refractivity contribution in [3.05, 3.63) is 59.7 Å². The lowest BCUT2D eigenvalue weighted by Crippen LogP contribution is -2.50. The number of carbonyl (C=O) groups is 3. The zero-order valence-corrected chi connectivity index (χ0v) is 17.3.